The van der Waals surface area contributed by atoms with Gasteiger partial charge in [0.1, 0.15) is 0 Å². The van der Waals surface area contributed by atoms with Crippen molar-refractivity contribution in [1.29, 1.82) is 0 Å². The molecule has 2 amide bonds. The Morgan fingerprint density at radius 3 is 2.06 bits per heavy atom. The SMILES string of the molecule is Cc1cc(C)cc(NC(=O)NC(F)(F)F)c1. The lowest BCUT2D eigenvalue weighted by Crippen LogP contribution is -2.40. The number of benzene rings is 1. The molecule has 0 unspecified atom stereocenters. The topological polar surface area (TPSA) is 41.1 Å². The number of alkyl halides is 3. The zero-order chi connectivity index (χ0) is 12.3. The Labute approximate surface area is 90.6 Å². The van der Waals surface area contributed by atoms with Gasteiger partial charge >= 0.3 is 12.3 Å². The fourth-order valence-corrected chi connectivity index (χ4v) is 1.34. The summed E-state index contributed by atoms with van der Waals surface area (Å²) in [4.78, 5) is 10.9. The van der Waals surface area contributed by atoms with Crippen molar-refractivity contribution in [2.75, 3.05) is 5.32 Å². The van der Waals surface area contributed by atoms with Crippen LogP contribution in [0, 0.1) is 13.8 Å². The van der Waals surface area contributed by atoms with Gasteiger partial charge < -0.3 is 5.32 Å². The second-order valence-corrected chi connectivity index (χ2v) is 3.45. The average Bonchev–Trinajstić information content (AvgIpc) is 1.96. The lowest BCUT2D eigenvalue weighted by atomic mass is 10.1. The summed E-state index contributed by atoms with van der Waals surface area (Å²) in [6, 6.07) is 3.73. The van der Waals surface area contributed by atoms with Crippen molar-refractivity contribution in [2.24, 2.45) is 0 Å². The minimum absolute atomic E-state index is 0.333. The van der Waals surface area contributed by atoms with Gasteiger partial charge in [-0.1, -0.05) is 6.07 Å². The summed E-state index contributed by atoms with van der Waals surface area (Å²) in [6.45, 7) is 3.58. The first-order valence-corrected chi connectivity index (χ1v) is 4.50. The molecule has 0 aromatic heterocycles. The number of anilines is 1. The van der Waals surface area contributed by atoms with E-state index < -0.39 is 12.3 Å². The van der Waals surface area contributed by atoms with Crippen LogP contribution in [0.3, 0.4) is 0 Å². The second kappa shape index (κ2) is 4.42. The molecule has 1 rings (SSSR count). The van der Waals surface area contributed by atoms with Crippen molar-refractivity contribution in [1.82, 2.24) is 5.32 Å². The van der Waals surface area contributed by atoms with Crippen molar-refractivity contribution < 1.29 is 18.0 Å². The molecule has 0 heterocycles. The van der Waals surface area contributed by atoms with E-state index in [4.69, 9.17) is 0 Å². The third-order valence-corrected chi connectivity index (χ3v) is 1.73. The van der Waals surface area contributed by atoms with Gasteiger partial charge in [0, 0.05) is 5.69 Å². The van der Waals surface area contributed by atoms with E-state index in [9.17, 15) is 18.0 Å². The molecule has 0 aliphatic carbocycles. The molecule has 16 heavy (non-hydrogen) atoms. The van der Waals surface area contributed by atoms with Crippen LogP contribution in [0.2, 0.25) is 0 Å². The Balaban J connectivity index is 2.70. The number of rotatable bonds is 1. The van der Waals surface area contributed by atoms with Crippen molar-refractivity contribution in [3.8, 4) is 0 Å². The maximum atomic E-state index is 11.8. The maximum Gasteiger partial charge on any atom is 0.485 e. The van der Waals surface area contributed by atoms with Crippen LogP contribution in [-0.2, 0) is 0 Å². The van der Waals surface area contributed by atoms with Crippen LogP contribution < -0.4 is 10.6 Å². The van der Waals surface area contributed by atoms with E-state index in [1.54, 1.807) is 26.0 Å². The molecule has 0 radical (unpaired) electrons. The smallest absolute Gasteiger partial charge is 0.308 e. The first kappa shape index (κ1) is 12.4. The van der Waals surface area contributed by atoms with E-state index in [0.29, 0.717) is 5.69 Å². The fourth-order valence-electron chi connectivity index (χ4n) is 1.34. The second-order valence-electron chi connectivity index (χ2n) is 3.45. The molecule has 3 nitrogen and oxygen atoms in total. The van der Waals surface area contributed by atoms with Gasteiger partial charge in [-0.2, -0.15) is 13.2 Å². The van der Waals surface area contributed by atoms with Crippen LogP contribution in [0.4, 0.5) is 23.7 Å². The van der Waals surface area contributed by atoms with Crippen LogP contribution in [0.1, 0.15) is 11.1 Å². The van der Waals surface area contributed by atoms with E-state index in [-0.39, 0.29) is 0 Å². The molecule has 0 saturated heterocycles. The third-order valence-electron chi connectivity index (χ3n) is 1.73. The highest BCUT2D eigenvalue weighted by Gasteiger charge is 2.29. The van der Waals surface area contributed by atoms with Gasteiger partial charge in [-0.3, -0.25) is 0 Å². The van der Waals surface area contributed by atoms with Gasteiger partial charge in [-0.05, 0) is 37.1 Å². The quantitative estimate of drug-likeness (QED) is 0.718. The van der Waals surface area contributed by atoms with Gasteiger partial charge in [0.15, 0.2) is 0 Å². The number of hydrogen-bond acceptors (Lipinski definition) is 1. The highest BCUT2D eigenvalue weighted by molar-refractivity contribution is 5.89. The van der Waals surface area contributed by atoms with Crippen molar-refractivity contribution >= 4 is 11.7 Å². The van der Waals surface area contributed by atoms with E-state index in [0.717, 1.165) is 16.4 Å². The van der Waals surface area contributed by atoms with E-state index in [2.05, 4.69) is 5.32 Å². The first-order valence-electron chi connectivity index (χ1n) is 4.50. The normalized spacial score (nSPS) is 11.1. The van der Waals surface area contributed by atoms with Crippen molar-refractivity contribution in [3.05, 3.63) is 29.3 Å². The third kappa shape index (κ3) is 4.20. The largest absolute Gasteiger partial charge is 0.485 e. The van der Waals surface area contributed by atoms with Gasteiger partial charge in [-0.15, -0.1) is 0 Å². The molecule has 0 saturated carbocycles. The summed E-state index contributed by atoms with van der Waals surface area (Å²) in [7, 11) is 0. The summed E-state index contributed by atoms with van der Waals surface area (Å²) in [6.07, 6.45) is -4.72. The number of amides is 2. The van der Waals surface area contributed by atoms with Crippen LogP contribution in [-0.4, -0.2) is 12.3 Å². The Kier molecular flexibility index (Phi) is 3.41. The first-order chi connectivity index (χ1) is 7.26. The van der Waals surface area contributed by atoms with Crippen molar-refractivity contribution in [3.63, 3.8) is 0 Å². The number of carbonyl (C=O) groups is 1. The molecule has 1 aromatic rings. The van der Waals surface area contributed by atoms with Gasteiger partial charge in [0.25, 0.3) is 0 Å². The molecule has 1 aromatic carbocycles. The van der Waals surface area contributed by atoms with Gasteiger partial charge in [-0.25, -0.2) is 10.1 Å². The Morgan fingerprint density at radius 2 is 1.62 bits per heavy atom. The zero-order valence-corrected chi connectivity index (χ0v) is 8.77. The minimum atomic E-state index is -4.72. The molecule has 2 N–H and O–H groups in total. The average molecular weight is 232 g/mol. The molecular formula is C10H11F3N2O. The monoisotopic (exact) mass is 232 g/mol. The lowest BCUT2D eigenvalue weighted by molar-refractivity contribution is -0.144. The molecule has 0 spiro atoms. The maximum absolute atomic E-state index is 11.8. The molecule has 6 heteroatoms. The summed E-state index contributed by atoms with van der Waals surface area (Å²) in [5.74, 6) is 0. The minimum Gasteiger partial charge on any atom is -0.308 e. The van der Waals surface area contributed by atoms with Crippen LogP contribution in [0.15, 0.2) is 18.2 Å². The van der Waals surface area contributed by atoms with Gasteiger partial charge in [0.2, 0.25) is 0 Å². The molecule has 0 aliphatic rings. The summed E-state index contributed by atoms with van der Waals surface area (Å²) < 4.78 is 35.4. The van der Waals surface area contributed by atoms with Crippen LogP contribution in [0.25, 0.3) is 0 Å². The highest BCUT2D eigenvalue weighted by Crippen LogP contribution is 2.15. The fraction of sp³-hybridized carbons (Fsp3) is 0.300. The summed E-state index contributed by atoms with van der Waals surface area (Å²) in [5.41, 5.74) is 2.06. The summed E-state index contributed by atoms with van der Waals surface area (Å²) >= 11 is 0. The Bertz CT molecular complexity index is 381. The number of halogens is 3. The lowest BCUT2D eigenvalue weighted by Gasteiger charge is -2.10. The van der Waals surface area contributed by atoms with Crippen LogP contribution in [0.5, 0.6) is 0 Å². The van der Waals surface area contributed by atoms with Crippen LogP contribution >= 0.6 is 0 Å². The molecule has 0 fully saturated rings. The number of aryl methyl sites for hydroxylation is 2. The number of carbonyl (C=O) groups excluding carboxylic acids is 1. The number of hydrogen-bond donors (Lipinski definition) is 2. The standard InChI is InChI=1S/C10H11F3N2O/c1-6-3-7(2)5-8(4-6)14-9(16)15-10(11,12)13/h3-5H,1-2H3,(H2,14,15,16). The van der Waals surface area contributed by atoms with E-state index >= 15 is 0 Å². The molecule has 0 atom stereocenters. The van der Waals surface area contributed by atoms with E-state index in [1.165, 1.54) is 0 Å². The molecular weight excluding hydrogens is 221 g/mol. The Hall–Kier alpha value is -1.72. The molecule has 0 bridgehead atoms. The van der Waals surface area contributed by atoms with Crippen molar-refractivity contribution in [2.45, 2.75) is 20.1 Å². The molecule has 0 aliphatic heterocycles. The predicted molar refractivity (Wildman–Crippen MR) is 54.1 cm³/mol. The predicted octanol–water partition coefficient (Wildman–Crippen LogP) is 2.94. The van der Waals surface area contributed by atoms with E-state index in [1.807, 2.05) is 6.07 Å². The zero-order valence-electron chi connectivity index (χ0n) is 8.77. The molecule has 88 valence electrons. The van der Waals surface area contributed by atoms with Gasteiger partial charge in [0.05, 0.1) is 0 Å². The number of urea groups is 1. The highest BCUT2D eigenvalue weighted by atomic mass is 19.4. The number of nitrogens with one attached hydrogen (secondary N) is 2. The Morgan fingerprint density at radius 1 is 1.12 bits per heavy atom. The summed E-state index contributed by atoms with van der Waals surface area (Å²) in [5, 5.41) is 2.97.